The largest absolute Gasteiger partial charge is 0.462 e. The molecule has 0 spiro atoms. The number of para-hydroxylation sites is 1. The molecule has 0 saturated carbocycles. The molecule has 0 aliphatic carbocycles. The van der Waals surface area contributed by atoms with Crippen LogP contribution in [0, 0.1) is 0 Å². The Morgan fingerprint density at radius 1 is 1.14 bits per heavy atom. The minimum Gasteiger partial charge on any atom is -0.462 e. The lowest BCUT2D eigenvalue weighted by Crippen LogP contribution is -2.07. The van der Waals surface area contributed by atoms with E-state index >= 15 is 0 Å². The first kappa shape index (κ1) is 14.0. The highest BCUT2D eigenvalue weighted by Gasteiger charge is 2.20. The fraction of sp³-hybridized carbons (Fsp3) is 0.118. The van der Waals surface area contributed by atoms with Gasteiger partial charge in [-0.1, -0.05) is 18.2 Å². The number of hydrogen-bond donors (Lipinski definition) is 0. The molecule has 5 heteroatoms. The summed E-state index contributed by atoms with van der Waals surface area (Å²) in [5.74, 6) is -0.378. The summed E-state index contributed by atoms with van der Waals surface area (Å²) in [5.41, 5.74) is 2.88. The van der Waals surface area contributed by atoms with Gasteiger partial charge in [-0.15, -0.1) is 0 Å². The lowest BCUT2D eigenvalue weighted by Gasteiger charge is -2.09. The van der Waals surface area contributed by atoms with Crippen LogP contribution in [0.1, 0.15) is 17.3 Å². The normalized spacial score (nSPS) is 10.4. The topological polar surface area (TPSA) is 57.0 Å². The number of benzene rings is 1. The first-order valence-electron chi connectivity index (χ1n) is 7.02. The molecule has 5 nitrogen and oxygen atoms in total. The zero-order chi connectivity index (χ0) is 15.4. The molecule has 1 aromatic carbocycles. The maximum atomic E-state index is 12.2. The highest BCUT2D eigenvalue weighted by molar-refractivity contribution is 5.96. The molecule has 0 saturated heterocycles. The molecule has 0 atom stereocenters. The highest BCUT2D eigenvalue weighted by atomic mass is 16.5. The Bertz CT molecular complexity index is 767. The van der Waals surface area contributed by atoms with E-state index in [0.717, 1.165) is 11.3 Å². The summed E-state index contributed by atoms with van der Waals surface area (Å²) >= 11 is 0. The first-order valence-corrected chi connectivity index (χ1v) is 7.02. The molecule has 0 unspecified atom stereocenters. The SMILES string of the molecule is CCOC(=O)c1cnn(-c2ccccc2)c1-c1ccncc1. The molecule has 0 N–H and O–H groups in total. The molecule has 3 aromatic rings. The minimum atomic E-state index is -0.378. The van der Waals surface area contributed by atoms with Crippen LogP contribution in [0.4, 0.5) is 0 Å². The Morgan fingerprint density at radius 3 is 2.55 bits per heavy atom. The fourth-order valence-corrected chi connectivity index (χ4v) is 2.26. The van der Waals surface area contributed by atoms with E-state index < -0.39 is 0 Å². The monoisotopic (exact) mass is 293 g/mol. The maximum Gasteiger partial charge on any atom is 0.342 e. The molecule has 0 aliphatic heterocycles. The third kappa shape index (κ3) is 2.61. The van der Waals surface area contributed by atoms with E-state index in [0.29, 0.717) is 17.9 Å². The molecule has 0 fully saturated rings. The highest BCUT2D eigenvalue weighted by Crippen LogP contribution is 2.26. The van der Waals surface area contributed by atoms with Crippen molar-refractivity contribution in [1.29, 1.82) is 0 Å². The number of rotatable bonds is 4. The fourth-order valence-electron chi connectivity index (χ4n) is 2.26. The van der Waals surface area contributed by atoms with Gasteiger partial charge in [0.05, 0.1) is 24.2 Å². The number of carbonyl (C=O) groups excluding carboxylic acids is 1. The van der Waals surface area contributed by atoms with E-state index in [9.17, 15) is 4.79 Å². The Labute approximate surface area is 128 Å². The Hall–Kier alpha value is -2.95. The Balaban J connectivity index is 2.18. The van der Waals surface area contributed by atoms with Crippen LogP contribution < -0.4 is 0 Å². The standard InChI is InChI=1S/C17H15N3O2/c1-2-22-17(21)15-12-19-20(14-6-4-3-5-7-14)16(15)13-8-10-18-11-9-13/h3-12H,2H2,1H3. The summed E-state index contributed by atoms with van der Waals surface area (Å²) < 4.78 is 6.87. The van der Waals surface area contributed by atoms with Crippen LogP contribution in [0.3, 0.4) is 0 Å². The molecule has 0 bridgehead atoms. The van der Waals surface area contributed by atoms with Crippen LogP contribution in [-0.2, 0) is 4.74 Å². The molecule has 110 valence electrons. The first-order chi connectivity index (χ1) is 10.8. The van der Waals surface area contributed by atoms with Gasteiger partial charge in [0.2, 0.25) is 0 Å². The van der Waals surface area contributed by atoms with Crippen molar-refractivity contribution in [3.05, 3.63) is 66.6 Å². The second-order valence-corrected chi connectivity index (χ2v) is 4.61. The van der Waals surface area contributed by atoms with Crippen molar-refractivity contribution in [3.63, 3.8) is 0 Å². The number of nitrogens with zero attached hydrogens (tertiary/aromatic N) is 3. The second kappa shape index (κ2) is 6.22. The van der Waals surface area contributed by atoms with E-state index in [1.807, 2.05) is 42.5 Å². The van der Waals surface area contributed by atoms with E-state index in [2.05, 4.69) is 10.1 Å². The Morgan fingerprint density at radius 2 is 1.86 bits per heavy atom. The quantitative estimate of drug-likeness (QED) is 0.694. The zero-order valence-corrected chi connectivity index (χ0v) is 12.1. The number of carbonyl (C=O) groups is 1. The predicted molar refractivity (Wildman–Crippen MR) is 82.8 cm³/mol. The molecule has 22 heavy (non-hydrogen) atoms. The summed E-state index contributed by atoms with van der Waals surface area (Å²) in [7, 11) is 0. The van der Waals surface area contributed by atoms with Crippen molar-refractivity contribution in [3.8, 4) is 16.9 Å². The van der Waals surface area contributed by atoms with Crippen molar-refractivity contribution >= 4 is 5.97 Å². The van der Waals surface area contributed by atoms with Gasteiger partial charge in [0.15, 0.2) is 0 Å². The number of hydrogen-bond acceptors (Lipinski definition) is 4. The van der Waals surface area contributed by atoms with Crippen LogP contribution in [-0.4, -0.2) is 27.3 Å². The number of aromatic nitrogens is 3. The van der Waals surface area contributed by atoms with Crippen molar-refractivity contribution in [1.82, 2.24) is 14.8 Å². The van der Waals surface area contributed by atoms with Crippen LogP contribution in [0.2, 0.25) is 0 Å². The van der Waals surface area contributed by atoms with E-state index in [-0.39, 0.29) is 5.97 Å². The van der Waals surface area contributed by atoms with E-state index in [4.69, 9.17) is 4.74 Å². The summed E-state index contributed by atoms with van der Waals surface area (Å²) in [6.45, 7) is 2.11. The summed E-state index contributed by atoms with van der Waals surface area (Å²) in [4.78, 5) is 16.2. The van der Waals surface area contributed by atoms with Gasteiger partial charge < -0.3 is 4.74 Å². The van der Waals surface area contributed by atoms with Crippen molar-refractivity contribution in [2.24, 2.45) is 0 Å². The number of ether oxygens (including phenoxy) is 1. The molecule has 0 aliphatic rings. The third-order valence-corrected chi connectivity index (χ3v) is 3.22. The predicted octanol–water partition coefficient (Wildman–Crippen LogP) is 3.11. The van der Waals surface area contributed by atoms with Gasteiger partial charge in [0, 0.05) is 18.0 Å². The summed E-state index contributed by atoms with van der Waals surface area (Å²) in [5, 5.41) is 4.36. The van der Waals surface area contributed by atoms with Crippen LogP contribution in [0.15, 0.2) is 61.1 Å². The second-order valence-electron chi connectivity index (χ2n) is 4.61. The van der Waals surface area contributed by atoms with E-state index in [1.165, 1.54) is 0 Å². The molecule has 3 rings (SSSR count). The van der Waals surface area contributed by atoms with Gasteiger partial charge in [0.1, 0.15) is 5.56 Å². The van der Waals surface area contributed by atoms with Crippen LogP contribution in [0.25, 0.3) is 16.9 Å². The lowest BCUT2D eigenvalue weighted by atomic mass is 10.1. The van der Waals surface area contributed by atoms with Crippen LogP contribution in [0.5, 0.6) is 0 Å². The van der Waals surface area contributed by atoms with Gasteiger partial charge in [0.25, 0.3) is 0 Å². The summed E-state index contributed by atoms with van der Waals surface area (Å²) in [6.07, 6.45) is 4.92. The zero-order valence-electron chi connectivity index (χ0n) is 12.1. The molecule has 0 radical (unpaired) electrons. The lowest BCUT2D eigenvalue weighted by molar-refractivity contribution is 0.0527. The molecule has 2 aromatic heterocycles. The molecule has 2 heterocycles. The van der Waals surface area contributed by atoms with Crippen molar-refractivity contribution in [2.45, 2.75) is 6.92 Å². The van der Waals surface area contributed by atoms with Gasteiger partial charge >= 0.3 is 5.97 Å². The Kier molecular flexibility index (Phi) is 3.96. The van der Waals surface area contributed by atoms with Gasteiger partial charge in [-0.2, -0.15) is 5.10 Å². The third-order valence-electron chi connectivity index (χ3n) is 3.22. The van der Waals surface area contributed by atoms with Gasteiger partial charge in [-0.25, -0.2) is 9.48 Å². The minimum absolute atomic E-state index is 0.325. The smallest absolute Gasteiger partial charge is 0.342 e. The molecule has 0 amide bonds. The van der Waals surface area contributed by atoms with E-state index in [1.54, 1.807) is 30.2 Å². The molecular weight excluding hydrogens is 278 g/mol. The number of esters is 1. The van der Waals surface area contributed by atoms with Gasteiger partial charge in [-0.3, -0.25) is 4.98 Å². The van der Waals surface area contributed by atoms with Crippen molar-refractivity contribution < 1.29 is 9.53 Å². The van der Waals surface area contributed by atoms with Crippen molar-refractivity contribution in [2.75, 3.05) is 6.61 Å². The number of pyridine rings is 1. The average molecular weight is 293 g/mol. The average Bonchev–Trinajstić information content (AvgIpc) is 3.02. The molecular formula is C17H15N3O2. The maximum absolute atomic E-state index is 12.2. The van der Waals surface area contributed by atoms with Gasteiger partial charge in [-0.05, 0) is 31.2 Å². The summed E-state index contributed by atoms with van der Waals surface area (Å²) in [6, 6.07) is 13.4. The van der Waals surface area contributed by atoms with Crippen LogP contribution >= 0.6 is 0 Å².